The molecule has 0 fully saturated rings. The molecule has 3 aromatic rings. The van der Waals surface area contributed by atoms with Crippen LogP contribution in [0.4, 0.5) is 0 Å². The van der Waals surface area contributed by atoms with Gasteiger partial charge in [0.2, 0.25) is 0 Å². The zero-order valence-electron chi connectivity index (χ0n) is 17.4. The van der Waals surface area contributed by atoms with E-state index in [1.165, 1.54) is 11.3 Å². The molecule has 0 unspecified atom stereocenters. The minimum atomic E-state index is -1.03. The van der Waals surface area contributed by atoms with Crippen molar-refractivity contribution in [2.24, 2.45) is 0 Å². The summed E-state index contributed by atoms with van der Waals surface area (Å²) in [6.45, 7) is 1.99. The van der Waals surface area contributed by atoms with E-state index in [2.05, 4.69) is 10.3 Å². The molecule has 0 aliphatic heterocycles. The number of carbonyl (C=O) groups is 2. The second-order valence-electron chi connectivity index (χ2n) is 7.01. The van der Waals surface area contributed by atoms with Gasteiger partial charge >= 0.3 is 5.97 Å². The molecule has 0 saturated heterocycles. The average Bonchev–Trinajstić information content (AvgIpc) is 3.29. The average molecular weight is 453 g/mol. The van der Waals surface area contributed by atoms with Gasteiger partial charge in [-0.25, -0.2) is 9.78 Å². The van der Waals surface area contributed by atoms with E-state index in [0.717, 1.165) is 27.9 Å². The van der Waals surface area contributed by atoms with Crippen LogP contribution in [0, 0.1) is 6.92 Å². The van der Waals surface area contributed by atoms with Crippen molar-refractivity contribution in [2.45, 2.75) is 19.4 Å². The van der Waals surface area contributed by atoms with Gasteiger partial charge in [0, 0.05) is 10.9 Å². The SMILES string of the molecule is CSCC[C@H](NC(=O)c1ccc(/C=C/c2cscn2)cc1-c1ccccc1C)C(=O)O. The molecule has 2 N–H and O–H groups in total. The Morgan fingerprint density at radius 1 is 1.19 bits per heavy atom. The number of carbonyl (C=O) groups excluding carboxylic acids is 1. The second-order valence-corrected chi connectivity index (χ2v) is 8.72. The number of aromatic nitrogens is 1. The first-order valence-electron chi connectivity index (χ1n) is 9.78. The number of thiazole rings is 1. The predicted molar refractivity (Wildman–Crippen MR) is 130 cm³/mol. The zero-order chi connectivity index (χ0) is 22.2. The Bertz CT molecular complexity index is 1080. The molecule has 3 rings (SSSR count). The quantitative estimate of drug-likeness (QED) is 0.465. The molecule has 0 radical (unpaired) electrons. The molecule has 1 amide bonds. The van der Waals surface area contributed by atoms with Gasteiger partial charge in [-0.1, -0.05) is 36.4 Å². The number of carboxylic acids is 1. The number of nitrogens with zero attached hydrogens (tertiary/aromatic N) is 1. The van der Waals surface area contributed by atoms with Gasteiger partial charge in [-0.2, -0.15) is 11.8 Å². The fourth-order valence-corrected chi connectivity index (χ4v) is 4.17. The number of aryl methyl sites for hydroxylation is 1. The molecular formula is C24H24N2O3S2. The number of carboxylic acid groups (broad SMARTS) is 1. The molecule has 1 heterocycles. The van der Waals surface area contributed by atoms with Crippen LogP contribution in [0.25, 0.3) is 23.3 Å². The van der Waals surface area contributed by atoms with Crippen molar-refractivity contribution in [3.8, 4) is 11.1 Å². The van der Waals surface area contributed by atoms with Crippen molar-refractivity contribution in [3.63, 3.8) is 0 Å². The normalized spacial score (nSPS) is 12.1. The van der Waals surface area contributed by atoms with E-state index in [-0.39, 0.29) is 5.91 Å². The molecular weight excluding hydrogens is 428 g/mol. The lowest BCUT2D eigenvalue weighted by atomic mass is 9.93. The van der Waals surface area contributed by atoms with Crippen molar-refractivity contribution in [3.05, 3.63) is 75.7 Å². The first-order valence-corrected chi connectivity index (χ1v) is 12.1. The van der Waals surface area contributed by atoms with Gasteiger partial charge in [-0.3, -0.25) is 4.79 Å². The summed E-state index contributed by atoms with van der Waals surface area (Å²) in [5.74, 6) is -0.758. The third-order valence-electron chi connectivity index (χ3n) is 4.84. The van der Waals surface area contributed by atoms with Gasteiger partial charge in [0.15, 0.2) is 0 Å². The Hall–Kier alpha value is -2.90. The maximum atomic E-state index is 13.1. The highest BCUT2D eigenvalue weighted by atomic mass is 32.2. The maximum absolute atomic E-state index is 13.1. The number of aliphatic carboxylic acids is 1. The van der Waals surface area contributed by atoms with Crippen LogP contribution < -0.4 is 5.32 Å². The number of hydrogen-bond donors (Lipinski definition) is 2. The van der Waals surface area contributed by atoms with E-state index in [4.69, 9.17) is 0 Å². The molecule has 0 saturated carbocycles. The van der Waals surface area contributed by atoms with E-state index in [9.17, 15) is 14.7 Å². The standard InChI is InChI=1S/C24H24N2O3S2/c1-16-5-3-4-6-19(16)21-13-17(7-9-18-14-31-15-25-18)8-10-20(21)23(27)26-22(24(28)29)11-12-30-2/h3-10,13-15,22H,11-12H2,1-2H3,(H,26,27)(H,28,29)/b9-7+/t22-/m0/s1. The fourth-order valence-electron chi connectivity index (χ4n) is 3.18. The molecule has 1 atom stereocenters. The number of amides is 1. The summed E-state index contributed by atoms with van der Waals surface area (Å²) in [5.41, 5.74) is 6.78. The van der Waals surface area contributed by atoms with Crippen molar-refractivity contribution in [1.29, 1.82) is 0 Å². The molecule has 7 heteroatoms. The van der Waals surface area contributed by atoms with Crippen LogP contribution in [-0.4, -0.2) is 40.0 Å². The van der Waals surface area contributed by atoms with Crippen LogP contribution in [0.2, 0.25) is 0 Å². The van der Waals surface area contributed by atoms with Gasteiger partial charge in [0.05, 0.1) is 11.2 Å². The summed E-state index contributed by atoms with van der Waals surface area (Å²) in [5, 5.41) is 14.1. The predicted octanol–water partition coefficient (Wildman–Crippen LogP) is 5.23. The first-order chi connectivity index (χ1) is 15.0. The van der Waals surface area contributed by atoms with E-state index in [1.54, 1.807) is 23.3 Å². The summed E-state index contributed by atoms with van der Waals surface area (Å²) >= 11 is 3.08. The maximum Gasteiger partial charge on any atom is 0.326 e. The minimum Gasteiger partial charge on any atom is -0.480 e. The van der Waals surface area contributed by atoms with Crippen molar-refractivity contribution in [2.75, 3.05) is 12.0 Å². The number of nitrogens with one attached hydrogen (secondary N) is 1. The summed E-state index contributed by atoms with van der Waals surface area (Å²) < 4.78 is 0. The van der Waals surface area contributed by atoms with Gasteiger partial charge in [-0.15, -0.1) is 11.3 Å². The van der Waals surface area contributed by atoms with Crippen molar-refractivity contribution >= 4 is 47.1 Å². The van der Waals surface area contributed by atoms with E-state index >= 15 is 0 Å². The molecule has 160 valence electrons. The molecule has 2 aromatic carbocycles. The Morgan fingerprint density at radius 2 is 2.00 bits per heavy atom. The topological polar surface area (TPSA) is 79.3 Å². The number of rotatable bonds is 9. The number of benzene rings is 2. The van der Waals surface area contributed by atoms with E-state index in [0.29, 0.717) is 17.7 Å². The zero-order valence-corrected chi connectivity index (χ0v) is 19.0. The molecule has 5 nitrogen and oxygen atoms in total. The number of thioether (sulfide) groups is 1. The Balaban J connectivity index is 1.97. The van der Waals surface area contributed by atoms with Crippen molar-refractivity contribution in [1.82, 2.24) is 10.3 Å². The molecule has 1 aromatic heterocycles. The van der Waals surface area contributed by atoms with Gasteiger partial charge in [0.1, 0.15) is 6.04 Å². The van der Waals surface area contributed by atoms with Crippen molar-refractivity contribution < 1.29 is 14.7 Å². The third-order valence-corrected chi connectivity index (χ3v) is 6.08. The molecule has 0 bridgehead atoms. The summed E-state index contributed by atoms with van der Waals surface area (Å²) in [7, 11) is 0. The monoisotopic (exact) mass is 452 g/mol. The largest absolute Gasteiger partial charge is 0.480 e. The third kappa shape index (κ3) is 6.06. The Labute approximate surface area is 190 Å². The highest BCUT2D eigenvalue weighted by Gasteiger charge is 2.22. The van der Waals surface area contributed by atoms with Crippen LogP contribution in [0.15, 0.2) is 53.4 Å². The Kier molecular flexibility index (Phi) is 8.03. The van der Waals surface area contributed by atoms with Crippen LogP contribution in [0.5, 0.6) is 0 Å². The summed E-state index contributed by atoms with van der Waals surface area (Å²) in [6.07, 6.45) is 6.17. The minimum absolute atomic E-state index is 0.371. The van der Waals surface area contributed by atoms with Gasteiger partial charge < -0.3 is 10.4 Å². The van der Waals surface area contributed by atoms with E-state index < -0.39 is 12.0 Å². The van der Waals surface area contributed by atoms with Gasteiger partial charge in [-0.05, 0) is 65.8 Å². The smallest absolute Gasteiger partial charge is 0.326 e. The number of hydrogen-bond acceptors (Lipinski definition) is 5. The first kappa shape index (κ1) is 22.8. The lowest BCUT2D eigenvalue weighted by Gasteiger charge is -2.17. The highest BCUT2D eigenvalue weighted by Crippen LogP contribution is 2.29. The van der Waals surface area contributed by atoms with Crippen LogP contribution in [-0.2, 0) is 4.79 Å². The molecule has 0 aliphatic carbocycles. The second kappa shape index (κ2) is 10.9. The summed E-state index contributed by atoms with van der Waals surface area (Å²) in [6, 6.07) is 12.5. The lowest BCUT2D eigenvalue weighted by molar-refractivity contribution is -0.139. The molecule has 31 heavy (non-hydrogen) atoms. The lowest BCUT2D eigenvalue weighted by Crippen LogP contribution is -2.41. The van der Waals surface area contributed by atoms with Crippen LogP contribution in [0.3, 0.4) is 0 Å². The fraction of sp³-hybridized carbons (Fsp3) is 0.208. The molecule has 0 aliphatic rings. The van der Waals surface area contributed by atoms with Gasteiger partial charge in [0.25, 0.3) is 5.91 Å². The highest BCUT2D eigenvalue weighted by molar-refractivity contribution is 7.98. The van der Waals surface area contributed by atoms with Crippen LogP contribution in [0.1, 0.15) is 33.6 Å². The van der Waals surface area contributed by atoms with E-state index in [1.807, 2.05) is 67.1 Å². The summed E-state index contributed by atoms with van der Waals surface area (Å²) in [4.78, 5) is 28.9. The molecule has 0 spiro atoms. The van der Waals surface area contributed by atoms with Crippen LogP contribution >= 0.6 is 23.1 Å². The Morgan fingerprint density at radius 3 is 2.68 bits per heavy atom.